The molecule has 2 aromatic rings. The molecule has 0 saturated carbocycles. The molecule has 1 aliphatic carbocycles. The molecule has 1 N–H and O–H groups in total. The molecule has 1 saturated heterocycles. The number of nitrogens with zero attached hydrogens (tertiary/aromatic N) is 2. The van der Waals surface area contributed by atoms with E-state index in [0.29, 0.717) is 6.61 Å². The molecular weight excluding hydrogens is 362 g/mol. The average Bonchev–Trinajstić information content (AvgIpc) is 2.76. The molecule has 0 spiro atoms. The van der Waals surface area contributed by atoms with Gasteiger partial charge in [0.1, 0.15) is 0 Å². The molecule has 1 amide bonds. The van der Waals surface area contributed by atoms with Crippen LogP contribution in [-0.2, 0) is 17.8 Å². The van der Waals surface area contributed by atoms with E-state index in [1.54, 1.807) is 6.20 Å². The standard InChI is InChI=1S/C24H31N3O2/c1-2-29-24-20(9-6-14-25-24)17-27-15-12-19(13-16-27)23(28)26-22-11-5-8-18-7-3-4-10-21(18)22/h3-4,6-7,9-10,14,19,22H,2,5,8,11-13,15-17H2,1H3,(H,26,28)/t22-/m1/s1. The number of fused-ring (bicyclic) bond motifs is 1. The highest BCUT2D eigenvalue weighted by Crippen LogP contribution is 2.30. The number of aryl methyl sites for hydroxylation is 1. The Labute approximate surface area is 173 Å². The maximum atomic E-state index is 12.9. The third kappa shape index (κ3) is 4.78. The molecule has 1 aliphatic heterocycles. The quantitative estimate of drug-likeness (QED) is 0.809. The summed E-state index contributed by atoms with van der Waals surface area (Å²) in [6.45, 7) is 5.29. The first-order valence-corrected chi connectivity index (χ1v) is 10.9. The number of hydrogen-bond acceptors (Lipinski definition) is 4. The number of nitrogens with one attached hydrogen (secondary N) is 1. The van der Waals surface area contributed by atoms with Crippen LogP contribution < -0.4 is 10.1 Å². The second-order valence-corrected chi connectivity index (χ2v) is 8.10. The Morgan fingerprint density at radius 2 is 2.00 bits per heavy atom. The normalized spacial score (nSPS) is 20.1. The van der Waals surface area contributed by atoms with Gasteiger partial charge in [-0.1, -0.05) is 30.3 Å². The molecule has 0 unspecified atom stereocenters. The van der Waals surface area contributed by atoms with E-state index < -0.39 is 0 Å². The third-order valence-corrected chi connectivity index (χ3v) is 6.17. The fraction of sp³-hybridized carbons (Fsp3) is 0.500. The maximum absolute atomic E-state index is 12.9. The van der Waals surface area contributed by atoms with Crippen molar-refractivity contribution in [2.45, 2.75) is 51.6 Å². The van der Waals surface area contributed by atoms with Crippen molar-refractivity contribution in [2.75, 3.05) is 19.7 Å². The second kappa shape index (κ2) is 9.40. The number of hydrogen-bond donors (Lipinski definition) is 1. The van der Waals surface area contributed by atoms with Crippen molar-refractivity contribution in [1.82, 2.24) is 15.2 Å². The number of ether oxygens (including phenoxy) is 1. The zero-order valence-corrected chi connectivity index (χ0v) is 17.3. The van der Waals surface area contributed by atoms with Gasteiger partial charge in [0.15, 0.2) is 0 Å². The Bertz CT molecular complexity index is 830. The van der Waals surface area contributed by atoms with E-state index in [0.717, 1.165) is 63.2 Å². The molecule has 2 heterocycles. The van der Waals surface area contributed by atoms with E-state index >= 15 is 0 Å². The lowest BCUT2D eigenvalue weighted by atomic mass is 9.87. The number of carbonyl (C=O) groups excluding carboxylic acids is 1. The number of pyridine rings is 1. The number of amides is 1. The second-order valence-electron chi connectivity index (χ2n) is 8.10. The van der Waals surface area contributed by atoms with Crippen LogP contribution in [0.15, 0.2) is 42.6 Å². The lowest BCUT2D eigenvalue weighted by Crippen LogP contribution is -2.41. The molecular formula is C24H31N3O2. The van der Waals surface area contributed by atoms with Gasteiger partial charge in [-0.2, -0.15) is 0 Å². The number of carbonyl (C=O) groups is 1. The van der Waals surface area contributed by atoms with Crippen molar-refractivity contribution >= 4 is 5.91 Å². The summed E-state index contributed by atoms with van der Waals surface area (Å²) < 4.78 is 5.65. The van der Waals surface area contributed by atoms with E-state index in [9.17, 15) is 4.79 Å². The highest BCUT2D eigenvalue weighted by molar-refractivity contribution is 5.79. The van der Waals surface area contributed by atoms with Crippen molar-refractivity contribution in [3.05, 3.63) is 59.3 Å². The van der Waals surface area contributed by atoms with Gasteiger partial charge in [-0.05, 0) is 69.3 Å². The smallest absolute Gasteiger partial charge is 0.223 e. The van der Waals surface area contributed by atoms with Gasteiger partial charge in [0, 0.05) is 24.2 Å². The van der Waals surface area contributed by atoms with Gasteiger partial charge in [-0.25, -0.2) is 4.98 Å². The summed E-state index contributed by atoms with van der Waals surface area (Å²) >= 11 is 0. The molecule has 5 nitrogen and oxygen atoms in total. The molecule has 0 radical (unpaired) electrons. The number of piperidine rings is 1. The van der Waals surface area contributed by atoms with Gasteiger partial charge in [-0.3, -0.25) is 9.69 Å². The van der Waals surface area contributed by atoms with E-state index in [-0.39, 0.29) is 17.9 Å². The number of benzene rings is 1. The monoisotopic (exact) mass is 393 g/mol. The van der Waals surface area contributed by atoms with Gasteiger partial charge in [0.05, 0.1) is 12.6 Å². The minimum atomic E-state index is 0.112. The molecule has 29 heavy (non-hydrogen) atoms. The number of rotatable bonds is 6. The summed E-state index contributed by atoms with van der Waals surface area (Å²) in [5.41, 5.74) is 3.82. The van der Waals surface area contributed by atoms with Crippen LogP contribution in [0.25, 0.3) is 0 Å². The minimum absolute atomic E-state index is 0.112. The summed E-state index contributed by atoms with van der Waals surface area (Å²) in [7, 11) is 0. The first kappa shape index (κ1) is 19.9. The van der Waals surface area contributed by atoms with Crippen LogP contribution in [0.2, 0.25) is 0 Å². The van der Waals surface area contributed by atoms with Crippen molar-refractivity contribution in [1.29, 1.82) is 0 Å². The Kier molecular flexibility index (Phi) is 6.45. The fourth-order valence-corrected chi connectivity index (χ4v) is 4.60. The molecule has 5 heteroatoms. The lowest BCUT2D eigenvalue weighted by Gasteiger charge is -2.33. The van der Waals surface area contributed by atoms with Crippen LogP contribution in [0, 0.1) is 5.92 Å². The van der Waals surface area contributed by atoms with Gasteiger partial charge < -0.3 is 10.1 Å². The van der Waals surface area contributed by atoms with E-state index in [2.05, 4.69) is 45.5 Å². The number of likely N-dealkylation sites (tertiary alicyclic amines) is 1. The predicted molar refractivity (Wildman–Crippen MR) is 114 cm³/mol. The molecule has 0 bridgehead atoms. The number of aromatic nitrogens is 1. The van der Waals surface area contributed by atoms with E-state index in [4.69, 9.17) is 4.74 Å². The van der Waals surface area contributed by atoms with Crippen LogP contribution in [0.1, 0.15) is 55.3 Å². The summed E-state index contributed by atoms with van der Waals surface area (Å²) in [4.78, 5) is 19.7. The molecule has 2 aliphatic rings. The summed E-state index contributed by atoms with van der Waals surface area (Å²) in [6.07, 6.45) is 6.90. The predicted octanol–water partition coefficient (Wildman–Crippen LogP) is 3.89. The zero-order chi connectivity index (χ0) is 20.1. The minimum Gasteiger partial charge on any atom is -0.478 e. The summed E-state index contributed by atoms with van der Waals surface area (Å²) in [5, 5.41) is 3.35. The van der Waals surface area contributed by atoms with Crippen molar-refractivity contribution < 1.29 is 9.53 Å². The SMILES string of the molecule is CCOc1ncccc1CN1CCC(C(=O)N[C@@H]2CCCc3ccccc32)CC1. The average molecular weight is 394 g/mol. The molecule has 4 rings (SSSR count). The zero-order valence-electron chi connectivity index (χ0n) is 17.3. The van der Waals surface area contributed by atoms with Crippen molar-refractivity contribution in [2.24, 2.45) is 5.92 Å². The van der Waals surface area contributed by atoms with Crippen LogP contribution in [0.4, 0.5) is 0 Å². The Morgan fingerprint density at radius 1 is 1.17 bits per heavy atom. The van der Waals surface area contributed by atoms with Crippen LogP contribution >= 0.6 is 0 Å². The largest absolute Gasteiger partial charge is 0.478 e. The highest BCUT2D eigenvalue weighted by atomic mass is 16.5. The van der Waals surface area contributed by atoms with Crippen molar-refractivity contribution in [3.63, 3.8) is 0 Å². The fourth-order valence-electron chi connectivity index (χ4n) is 4.60. The van der Waals surface area contributed by atoms with Gasteiger partial charge in [-0.15, -0.1) is 0 Å². The maximum Gasteiger partial charge on any atom is 0.223 e. The Hall–Kier alpha value is -2.40. The molecule has 1 aromatic heterocycles. The molecule has 1 fully saturated rings. The van der Waals surface area contributed by atoms with E-state index in [1.165, 1.54) is 11.1 Å². The molecule has 154 valence electrons. The molecule has 1 atom stereocenters. The van der Waals surface area contributed by atoms with Crippen LogP contribution in [0.5, 0.6) is 5.88 Å². The highest BCUT2D eigenvalue weighted by Gasteiger charge is 2.28. The Morgan fingerprint density at radius 3 is 2.83 bits per heavy atom. The summed E-state index contributed by atoms with van der Waals surface area (Å²) in [5.74, 6) is 1.06. The Balaban J connectivity index is 1.31. The molecule has 1 aromatic carbocycles. The first-order valence-electron chi connectivity index (χ1n) is 10.9. The van der Waals surface area contributed by atoms with Crippen LogP contribution in [-0.4, -0.2) is 35.5 Å². The van der Waals surface area contributed by atoms with Gasteiger partial charge >= 0.3 is 0 Å². The van der Waals surface area contributed by atoms with Crippen molar-refractivity contribution in [3.8, 4) is 5.88 Å². The topological polar surface area (TPSA) is 54.5 Å². The summed E-state index contributed by atoms with van der Waals surface area (Å²) in [6, 6.07) is 12.8. The van der Waals surface area contributed by atoms with E-state index in [1.807, 2.05) is 13.0 Å². The first-order chi connectivity index (χ1) is 14.2. The third-order valence-electron chi connectivity index (χ3n) is 6.17. The van der Waals surface area contributed by atoms with Gasteiger partial charge in [0.2, 0.25) is 11.8 Å². The lowest BCUT2D eigenvalue weighted by molar-refractivity contribution is -0.127. The van der Waals surface area contributed by atoms with Crippen LogP contribution in [0.3, 0.4) is 0 Å². The van der Waals surface area contributed by atoms with Gasteiger partial charge in [0.25, 0.3) is 0 Å².